The summed E-state index contributed by atoms with van der Waals surface area (Å²) in [5.41, 5.74) is 1.09. The first kappa shape index (κ1) is 22.5. The van der Waals surface area contributed by atoms with E-state index >= 15 is 0 Å². The highest BCUT2D eigenvalue weighted by molar-refractivity contribution is 6.09. The number of para-hydroxylation sites is 2. The molecule has 1 aliphatic rings. The van der Waals surface area contributed by atoms with Crippen molar-refractivity contribution >= 4 is 17.5 Å². The molecule has 1 fully saturated rings. The lowest BCUT2D eigenvalue weighted by Gasteiger charge is -2.32. The molecule has 0 aliphatic heterocycles. The van der Waals surface area contributed by atoms with Crippen LogP contribution in [0.3, 0.4) is 0 Å². The molecule has 1 heterocycles. The molecule has 1 N–H and O–H groups in total. The fourth-order valence-electron chi connectivity index (χ4n) is 4.29. The van der Waals surface area contributed by atoms with Crippen LogP contribution >= 0.6 is 0 Å². The zero-order valence-electron chi connectivity index (χ0n) is 18.8. The minimum absolute atomic E-state index is 0.0869. The van der Waals surface area contributed by atoms with E-state index in [0.29, 0.717) is 22.7 Å². The number of furan rings is 1. The average molecular weight is 449 g/mol. The molecule has 7 nitrogen and oxygen atoms in total. The van der Waals surface area contributed by atoms with E-state index in [2.05, 4.69) is 5.32 Å². The predicted octanol–water partition coefficient (Wildman–Crippen LogP) is 4.74. The number of amides is 2. The van der Waals surface area contributed by atoms with Crippen LogP contribution in [0.15, 0.2) is 71.3 Å². The molecular weight excluding hydrogens is 420 g/mol. The van der Waals surface area contributed by atoms with Gasteiger partial charge in [-0.3, -0.25) is 14.5 Å². The van der Waals surface area contributed by atoms with Crippen molar-refractivity contribution in [2.24, 2.45) is 0 Å². The smallest absolute Gasteiger partial charge is 0.295 e. The molecule has 0 saturated heterocycles. The zero-order chi connectivity index (χ0) is 23.2. The fourth-order valence-corrected chi connectivity index (χ4v) is 4.29. The van der Waals surface area contributed by atoms with Gasteiger partial charge in [0, 0.05) is 6.04 Å². The third-order valence-corrected chi connectivity index (χ3v) is 5.91. The second-order valence-corrected chi connectivity index (χ2v) is 7.99. The summed E-state index contributed by atoms with van der Waals surface area (Å²) in [6.45, 7) is 0. The van der Waals surface area contributed by atoms with Crippen LogP contribution in [-0.2, 0) is 4.79 Å². The van der Waals surface area contributed by atoms with Crippen LogP contribution < -0.4 is 19.7 Å². The van der Waals surface area contributed by atoms with E-state index in [1.807, 2.05) is 18.2 Å². The number of rotatable bonds is 8. The van der Waals surface area contributed by atoms with Crippen molar-refractivity contribution in [2.75, 3.05) is 19.1 Å². The Hall–Kier alpha value is -3.74. The standard InChI is InChI=1S/C26H28N2O5/c1-31-20-12-7-9-18(17-20)24(25(29)27-19-10-3-4-11-19)28(26(30)23-15-8-16-33-23)21-13-5-6-14-22(21)32-2/h5-9,12-17,19,24H,3-4,10-11H2,1-2H3,(H,27,29). The van der Waals surface area contributed by atoms with Gasteiger partial charge in [0.05, 0.1) is 26.2 Å². The number of ether oxygens (including phenoxy) is 2. The largest absolute Gasteiger partial charge is 0.497 e. The normalized spacial score (nSPS) is 14.5. The summed E-state index contributed by atoms with van der Waals surface area (Å²) >= 11 is 0. The Kier molecular flexibility index (Phi) is 6.98. The number of hydrogen-bond donors (Lipinski definition) is 1. The molecule has 7 heteroatoms. The highest BCUT2D eigenvalue weighted by Crippen LogP contribution is 2.37. The quantitative estimate of drug-likeness (QED) is 0.538. The Bertz CT molecular complexity index is 1090. The Morgan fingerprint density at radius 3 is 2.48 bits per heavy atom. The second-order valence-electron chi connectivity index (χ2n) is 7.99. The van der Waals surface area contributed by atoms with Gasteiger partial charge in [-0.1, -0.05) is 37.1 Å². The molecule has 0 bridgehead atoms. The monoisotopic (exact) mass is 448 g/mol. The SMILES string of the molecule is COc1cccc(C(C(=O)NC2CCCC2)N(C(=O)c2ccco2)c2ccccc2OC)c1. The van der Waals surface area contributed by atoms with Gasteiger partial charge in [-0.2, -0.15) is 0 Å². The highest BCUT2D eigenvalue weighted by atomic mass is 16.5. The predicted molar refractivity (Wildman–Crippen MR) is 125 cm³/mol. The molecule has 0 radical (unpaired) electrons. The summed E-state index contributed by atoms with van der Waals surface area (Å²) in [6, 6.07) is 16.7. The number of nitrogens with zero attached hydrogens (tertiary/aromatic N) is 1. The molecule has 0 spiro atoms. The van der Waals surface area contributed by atoms with Crippen molar-refractivity contribution in [2.45, 2.75) is 37.8 Å². The summed E-state index contributed by atoms with van der Waals surface area (Å²) < 4.78 is 16.4. The van der Waals surface area contributed by atoms with Gasteiger partial charge in [-0.15, -0.1) is 0 Å². The number of carbonyl (C=O) groups is 2. The summed E-state index contributed by atoms with van der Waals surface area (Å²) in [5.74, 6) is 0.484. The topological polar surface area (TPSA) is 81.0 Å². The molecule has 1 aromatic heterocycles. The summed E-state index contributed by atoms with van der Waals surface area (Å²) in [5, 5.41) is 3.16. The van der Waals surface area contributed by atoms with Crippen LogP contribution in [0.1, 0.15) is 47.8 Å². The third kappa shape index (κ3) is 4.87. The van der Waals surface area contributed by atoms with Crippen LogP contribution in [0.5, 0.6) is 11.5 Å². The number of carbonyl (C=O) groups excluding carboxylic acids is 2. The van der Waals surface area contributed by atoms with Crippen LogP contribution in [0.2, 0.25) is 0 Å². The first-order valence-electron chi connectivity index (χ1n) is 11.1. The lowest BCUT2D eigenvalue weighted by molar-refractivity contribution is -0.123. The Balaban J connectivity index is 1.85. The second kappa shape index (κ2) is 10.3. The molecule has 172 valence electrons. The number of anilines is 1. The number of nitrogens with one attached hydrogen (secondary N) is 1. The zero-order valence-corrected chi connectivity index (χ0v) is 18.8. The van der Waals surface area contributed by atoms with E-state index < -0.39 is 11.9 Å². The van der Waals surface area contributed by atoms with Gasteiger partial charge in [-0.05, 0) is 54.8 Å². The number of benzene rings is 2. The molecule has 4 rings (SSSR count). The summed E-state index contributed by atoms with van der Waals surface area (Å²) in [7, 11) is 3.10. The van der Waals surface area contributed by atoms with E-state index in [1.165, 1.54) is 18.3 Å². The molecule has 2 amide bonds. The summed E-state index contributed by atoms with van der Waals surface area (Å²) in [4.78, 5) is 29.0. The number of methoxy groups -OCH3 is 2. The average Bonchev–Trinajstić information content (AvgIpc) is 3.56. The lowest BCUT2D eigenvalue weighted by Crippen LogP contribution is -2.46. The van der Waals surface area contributed by atoms with Crippen LogP contribution in [0, 0.1) is 0 Å². The maximum Gasteiger partial charge on any atom is 0.295 e. The molecule has 33 heavy (non-hydrogen) atoms. The molecule has 1 saturated carbocycles. The van der Waals surface area contributed by atoms with Crippen LogP contribution in [0.25, 0.3) is 0 Å². The number of hydrogen-bond acceptors (Lipinski definition) is 5. The van der Waals surface area contributed by atoms with Crippen LogP contribution in [0.4, 0.5) is 5.69 Å². The first-order chi connectivity index (χ1) is 16.1. The maximum atomic E-state index is 13.8. The molecule has 3 aromatic rings. The Labute approximate surface area is 193 Å². The fraction of sp³-hybridized carbons (Fsp3) is 0.308. The minimum Gasteiger partial charge on any atom is -0.497 e. The third-order valence-electron chi connectivity index (χ3n) is 5.91. The van der Waals surface area contributed by atoms with Gasteiger partial charge in [0.1, 0.15) is 17.5 Å². The van der Waals surface area contributed by atoms with E-state index in [1.54, 1.807) is 49.6 Å². The van der Waals surface area contributed by atoms with Crippen molar-refractivity contribution in [3.8, 4) is 11.5 Å². The van der Waals surface area contributed by atoms with Gasteiger partial charge in [0.2, 0.25) is 5.91 Å². The van der Waals surface area contributed by atoms with Gasteiger partial charge < -0.3 is 19.2 Å². The van der Waals surface area contributed by atoms with Crippen molar-refractivity contribution in [3.05, 3.63) is 78.3 Å². The van der Waals surface area contributed by atoms with E-state index in [0.717, 1.165) is 25.7 Å². The molecular formula is C26H28N2O5. The highest BCUT2D eigenvalue weighted by Gasteiger charge is 2.37. The van der Waals surface area contributed by atoms with Crippen molar-refractivity contribution in [1.82, 2.24) is 5.32 Å². The maximum absolute atomic E-state index is 13.8. The van der Waals surface area contributed by atoms with Crippen molar-refractivity contribution in [1.29, 1.82) is 0 Å². The van der Waals surface area contributed by atoms with Gasteiger partial charge in [0.25, 0.3) is 5.91 Å². The van der Waals surface area contributed by atoms with Crippen molar-refractivity contribution in [3.63, 3.8) is 0 Å². The van der Waals surface area contributed by atoms with E-state index in [4.69, 9.17) is 13.9 Å². The Morgan fingerprint density at radius 1 is 1.00 bits per heavy atom. The van der Waals surface area contributed by atoms with Gasteiger partial charge in [0.15, 0.2) is 5.76 Å². The molecule has 2 aromatic carbocycles. The summed E-state index contributed by atoms with van der Waals surface area (Å²) in [6.07, 6.45) is 5.45. The Morgan fingerprint density at radius 2 is 1.79 bits per heavy atom. The first-order valence-corrected chi connectivity index (χ1v) is 11.1. The van der Waals surface area contributed by atoms with E-state index in [9.17, 15) is 9.59 Å². The van der Waals surface area contributed by atoms with Gasteiger partial charge >= 0.3 is 0 Å². The molecule has 1 unspecified atom stereocenters. The van der Waals surface area contributed by atoms with E-state index in [-0.39, 0.29) is 17.7 Å². The van der Waals surface area contributed by atoms with Crippen molar-refractivity contribution < 1.29 is 23.5 Å². The minimum atomic E-state index is -0.963. The van der Waals surface area contributed by atoms with Crippen LogP contribution in [-0.4, -0.2) is 32.1 Å². The van der Waals surface area contributed by atoms with Gasteiger partial charge in [-0.25, -0.2) is 0 Å². The lowest BCUT2D eigenvalue weighted by atomic mass is 10.0. The molecule has 1 atom stereocenters. The molecule has 1 aliphatic carbocycles.